The Labute approximate surface area is 106 Å². The number of hydrogen-bond donors (Lipinski definition) is 2. The number of carbonyl (C=O) groups is 2. The molecule has 0 aromatic heterocycles. The van der Waals surface area contributed by atoms with Gasteiger partial charge in [-0.25, -0.2) is 0 Å². The number of rotatable bonds is 6. The van der Waals surface area contributed by atoms with Crippen LogP contribution in [-0.4, -0.2) is 23.5 Å². The molecule has 4 nitrogen and oxygen atoms in total. The third-order valence-electron chi connectivity index (χ3n) is 2.38. The molecule has 1 aromatic carbocycles. The molecule has 4 heteroatoms. The van der Waals surface area contributed by atoms with Crippen LogP contribution >= 0.6 is 0 Å². The van der Waals surface area contributed by atoms with Crippen LogP contribution in [0.25, 0.3) is 6.08 Å². The molecule has 0 heterocycles. The van der Waals surface area contributed by atoms with Crippen LogP contribution in [0.3, 0.4) is 0 Å². The predicted octanol–water partition coefficient (Wildman–Crippen LogP) is 1.85. The van der Waals surface area contributed by atoms with E-state index in [1.807, 2.05) is 36.4 Å². The smallest absolute Gasteiger partial charge is 0.307 e. The van der Waals surface area contributed by atoms with Crippen molar-refractivity contribution in [1.82, 2.24) is 5.32 Å². The second-order valence-corrected chi connectivity index (χ2v) is 3.94. The maximum atomic E-state index is 10.7. The van der Waals surface area contributed by atoms with E-state index in [1.165, 1.54) is 6.92 Å². The highest BCUT2D eigenvalue weighted by Gasteiger charge is 2.03. The van der Waals surface area contributed by atoms with E-state index in [0.717, 1.165) is 17.5 Å². The number of hydrogen-bond acceptors (Lipinski definition) is 2. The molecule has 0 aliphatic carbocycles. The molecule has 18 heavy (non-hydrogen) atoms. The van der Waals surface area contributed by atoms with Crippen LogP contribution in [0.2, 0.25) is 0 Å². The fraction of sp³-hybridized carbons (Fsp3) is 0.286. The van der Waals surface area contributed by atoms with Crippen molar-refractivity contribution >= 4 is 18.0 Å². The Morgan fingerprint density at radius 2 is 2.06 bits per heavy atom. The summed E-state index contributed by atoms with van der Waals surface area (Å²) in [7, 11) is 0. The average molecular weight is 247 g/mol. The molecule has 1 rings (SSSR count). The van der Waals surface area contributed by atoms with Gasteiger partial charge in [-0.15, -0.1) is 0 Å². The molecular weight excluding hydrogens is 230 g/mol. The quantitative estimate of drug-likeness (QED) is 0.754. The molecule has 0 saturated carbocycles. The highest BCUT2D eigenvalue weighted by molar-refractivity contribution is 5.73. The maximum Gasteiger partial charge on any atom is 0.307 e. The number of benzene rings is 1. The number of carboxylic acids is 1. The Hall–Kier alpha value is -2.10. The fourth-order valence-corrected chi connectivity index (χ4v) is 1.56. The van der Waals surface area contributed by atoms with E-state index < -0.39 is 5.97 Å². The molecule has 96 valence electrons. The van der Waals surface area contributed by atoms with Crippen LogP contribution in [-0.2, 0) is 16.0 Å². The van der Waals surface area contributed by atoms with Crippen LogP contribution < -0.4 is 5.32 Å². The number of carboxylic acid groups (broad SMARTS) is 1. The zero-order chi connectivity index (χ0) is 13.4. The third-order valence-corrected chi connectivity index (χ3v) is 2.38. The summed E-state index contributed by atoms with van der Waals surface area (Å²) in [6.07, 6.45) is 4.56. The van der Waals surface area contributed by atoms with Crippen molar-refractivity contribution in [1.29, 1.82) is 0 Å². The first kappa shape index (κ1) is 14.0. The molecule has 2 N–H and O–H groups in total. The fourth-order valence-electron chi connectivity index (χ4n) is 1.56. The summed E-state index contributed by atoms with van der Waals surface area (Å²) in [4.78, 5) is 21.4. The highest BCUT2D eigenvalue weighted by Crippen LogP contribution is 2.11. The lowest BCUT2D eigenvalue weighted by molar-refractivity contribution is -0.136. The molecule has 0 aliphatic rings. The Bertz CT molecular complexity index is 452. The van der Waals surface area contributed by atoms with Gasteiger partial charge in [-0.2, -0.15) is 0 Å². The number of nitrogens with one attached hydrogen (secondary N) is 1. The Balaban J connectivity index is 2.57. The van der Waals surface area contributed by atoms with Gasteiger partial charge in [0, 0.05) is 13.5 Å². The standard InChI is InChI=1S/C14H17NO3/c1-11(16)15-9-5-4-7-12-6-2-3-8-13(12)10-14(17)18/h2-4,6-8H,5,9-10H2,1H3,(H,15,16)(H,17,18). The Morgan fingerprint density at radius 1 is 1.33 bits per heavy atom. The normalized spacial score (nSPS) is 10.5. The average Bonchev–Trinajstić information content (AvgIpc) is 2.29. The van der Waals surface area contributed by atoms with Gasteiger partial charge in [0.05, 0.1) is 6.42 Å². The zero-order valence-electron chi connectivity index (χ0n) is 10.3. The van der Waals surface area contributed by atoms with Gasteiger partial charge in [0.15, 0.2) is 0 Å². The van der Waals surface area contributed by atoms with Gasteiger partial charge in [0.1, 0.15) is 0 Å². The van der Waals surface area contributed by atoms with Gasteiger partial charge in [-0.1, -0.05) is 36.4 Å². The summed E-state index contributed by atoms with van der Waals surface area (Å²) in [5.74, 6) is -0.885. The molecule has 0 bridgehead atoms. The summed E-state index contributed by atoms with van der Waals surface area (Å²) in [6, 6.07) is 7.39. The summed E-state index contributed by atoms with van der Waals surface area (Å²) < 4.78 is 0. The lowest BCUT2D eigenvalue weighted by Crippen LogP contribution is -2.20. The Morgan fingerprint density at radius 3 is 2.72 bits per heavy atom. The topological polar surface area (TPSA) is 66.4 Å². The lowest BCUT2D eigenvalue weighted by atomic mass is 10.0. The van der Waals surface area contributed by atoms with Crippen molar-refractivity contribution in [3.8, 4) is 0 Å². The Kier molecular flexibility index (Phi) is 5.64. The first-order chi connectivity index (χ1) is 8.59. The van der Waals surface area contributed by atoms with E-state index >= 15 is 0 Å². The van der Waals surface area contributed by atoms with E-state index in [1.54, 1.807) is 0 Å². The first-order valence-electron chi connectivity index (χ1n) is 5.80. The number of amides is 1. The monoisotopic (exact) mass is 247 g/mol. The van der Waals surface area contributed by atoms with Crippen LogP contribution in [0.15, 0.2) is 30.3 Å². The van der Waals surface area contributed by atoms with E-state index in [-0.39, 0.29) is 12.3 Å². The molecule has 0 saturated heterocycles. The van der Waals surface area contributed by atoms with Gasteiger partial charge in [-0.3, -0.25) is 9.59 Å². The molecule has 0 spiro atoms. The van der Waals surface area contributed by atoms with Crippen LogP contribution in [0, 0.1) is 0 Å². The van der Waals surface area contributed by atoms with Crippen molar-refractivity contribution in [2.24, 2.45) is 0 Å². The van der Waals surface area contributed by atoms with Crippen LogP contribution in [0.4, 0.5) is 0 Å². The summed E-state index contributed by atoms with van der Waals surface area (Å²) >= 11 is 0. The minimum atomic E-state index is -0.839. The molecule has 0 atom stereocenters. The van der Waals surface area contributed by atoms with E-state index in [2.05, 4.69) is 5.32 Å². The molecule has 0 aliphatic heterocycles. The molecule has 1 aromatic rings. The van der Waals surface area contributed by atoms with Crippen LogP contribution in [0.1, 0.15) is 24.5 Å². The van der Waals surface area contributed by atoms with Crippen molar-refractivity contribution in [2.45, 2.75) is 19.8 Å². The highest BCUT2D eigenvalue weighted by atomic mass is 16.4. The van der Waals surface area contributed by atoms with Crippen molar-refractivity contribution in [2.75, 3.05) is 6.54 Å². The number of carbonyl (C=O) groups excluding carboxylic acids is 1. The van der Waals surface area contributed by atoms with E-state index in [0.29, 0.717) is 6.54 Å². The van der Waals surface area contributed by atoms with Crippen LogP contribution in [0.5, 0.6) is 0 Å². The lowest BCUT2D eigenvalue weighted by Gasteiger charge is -2.02. The summed E-state index contributed by atoms with van der Waals surface area (Å²) in [5, 5.41) is 11.5. The molecular formula is C14H17NO3. The predicted molar refractivity (Wildman–Crippen MR) is 70.1 cm³/mol. The van der Waals surface area contributed by atoms with Gasteiger partial charge < -0.3 is 10.4 Å². The first-order valence-corrected chi connectivity index (χ1v) is 5.80. The van der Waals surface area contributed by atoms with Crippen molar-refractivity contribution < 1.29 is 14.7 Å². The second-order valence-electron chi connectivity index (χ2n) is 3.94. The maximum absolute atomic E-state index is 10.7. The summed E-state index contributed by atoms with van der Waals surface area (Å²) in [6.45, 7) is 2.07. The molecule has 0 radical (unpaired) electrons. The van der Waals surface area contributed by atoms with Gasteiger partial charge in [0.25, 0.3) is 0 Å². The number of aliphatic carboxylic acids is 1. The van der Waals surface area contributed by atoms with E-state index in [4.69, 9.17) is 5.11 Å². The third kappa shape index (κ3) is 5.30. The van der Waals surface area contributed by atoms with Gasteiger partial charge >= 0.3 is 5.97 Å². The zero-order valence-corrected chi connectivity index (χ0v) is 10.3. The van der Waals surface area contributed by atoms with Gasteiger partial charge in [0.2, 0.25) is 5.91 Å². The summed E-state index contributed by atoms with van der Waals surface area (Å²) in [5.41, 5.74) is 1.70. The minimum absolute atomic E-state index is 0.0200. The second kappa shape index (κ2) is 7.27. The molecule has 0 fully saturated rings. The van der Waals surface area contributed by atoms with Gasteiger partial charge in [-0.05, 0) is 17.5 Å². The van der Waals surface area contributed by atoms with E-state index in [9.17, 15) is 9.59 Å². The minimum Gasteiger partial charge on any atom is -0.481 e. The van der Waals surface area contributed by atoms with Crippen molar-refractivity contribution in [3.63, 3.8) is 0 Å². The largest absolute Gasteiger partial charge is 0.481 e. The van der Waals surface area contributed by atoms with Crippen molar-refractivity contribution in [3.05, 3.63) is 41.5 Å². The molecule has 1 amide bonds. The SMILES string of the molecule is CC(=O)NCCC=Cc1ccccc1CC(=O)O. The molecule has 0 unspecified atom stereocenters.